The zero-order valence-electron chi connectivity index (χ0n) is 12.0. The molecule has 5 heteroatoms. The molecule has 1 aromatic rings. The fraction of sp³-hybridized carbons (Fsp3) is 0.500. The molecule has 0 spiro atoms. The summed E-state index contributed by atoms with van der Waals surface area (Å²) in [5.74, 6) is 1.50. The van der Waals surface area contributed by atoms with Gasteiger partial charge in [0.2, 0.25) is 5.91 Å². The van der Waals surface area contributed by atoms with Crippen molar-refractivity contribution in [3.63, 3.8) is 0 Å². The third kappa shape index (κ3) is 4.13. The first-order valence-corrected chi connectivity index (χ1v) is 6.31. The first-order chi connectivity index (χ1) is 9.13. The first kappa shape index (κ1) is 15.3. The molecule has 19 heavy (non-hydrogen) atoms. The van der Waals surface area contributed by atoms with Gasteiger partial charge < -0.3 is 20.1 Å². The highest BCUT2D eigenvalue weighted by Gasteiger charge is 2.11. The summed E-state index contributed by atoms with van der Waals surface area (Å²) in [4.78, 5) is 11.5. The van der Waals surface area contributed by atoms with Crippen molar-refractivity contribution >= 4 is 5.91 Å². The lowest BCUT2D eigenvalue weighted by atomic mass is 10.1. The van der Waals surface area contributed by atoms with E-state index in [9.17, 15) is 4.79 Å². The second-order valence-corrected chi connectivity index (χ2v) is 4.14. The Labute approximate surface area is 114 Å². The fourth-order valence-corrected chi connectivity index (χ4v) is 1.87. The summed E-state index contributed by atoms with van der Waals surface area (Å²) in [6.45, 7) is 5.44. The van der Waals surface area contributed by atoms with E-state index >= 15 is 0 Å². The first-order valence-electron chi connectivity index (χ1n) is 6.31. The van der Waals surface area contributed by atoms with E-state index in [1.807, 2.05) is 26.0 Å². The van der Waals surface area contributed by atoms with Gasteiger partial charge in [-0.1, -0.05) is 6.92 Å². The largest absolute Gasteiger partial charge is 0.496 e. The normalized spacial score (nSPS) is 10.1. The van der Waals surface area contributed by atoms with Crippen LogP contribution in [0.15, 0.2) is 12.1 Å². The lowest BCUT2D eigenvalue weighted by molar-refractivity contribution is -0.120. The molecule has 0 aromatic heterocycles. The quantitative estimate of drug-likeness (QED) is 0.779. The van der Waals surface area contributed by atoms with E-state index in [0.29, 0.717) is 13.1 Å². The van der Waals surface area contributed by atoms with Crippen LogP contribution in [-0.2, 0) is 11.3 Å². The number of methoxy groups -OCH3 is 2. The summed E-state index contributed by atoms with van der Waals surface area (Å²) in [7, 11) is 3.24. The SMILES string of the molecule is CCNCC(=O)NCc1ccc(OC)c(C)c1OC. The van der Waals surface area contributed by atoms with Crippen molar-refractivity contribution in [2.45, 2.75) is 20.4 Å². The Hall–Kier alpha value is -1.75. The molecule has 0 atom stereocenters. The van der Waals surface area contributed by atoms with Crippen LogP contribution in [0.1, 0.15) is 18.1 Å². The second-order valence-electron chi connectivity index (χ2n) is 4.14. The van der Waals surface area contributed by atoms with Gasteiger partial charge in [-0.3, -0.25) is 4.79 Å². The highest BCUT2D eigenvalue weighted by atomic mass is 16.5. The number of likely N-dealkylation sites (N-methyl/N-ethyl adjacent to an activating group) is 1. The topological polar surface area (TPSA) is 59.6 Å². The zero-order valence-corrected chi connectivity index (χ0v) is 12.0. The average molecular weight is 266 g/mol. The number of nitrogens with one attached hydrogen (secondary N) is 2. The number of rotatable bonds is 7. The average Bonchev–Trinajstić information content (AvgIpc) is 2.42. The zero-order chi connectivity index (χ0) is 14.3. The molecule has 5 nitrogen and oxygen atoms in total. The fourth-order valence-electron chi connectivity index (χ4n) is 1.87. The predicted octanol–water partition coefficient (Wildman–Crippen LogP) is 1.24. The van der Waals surface area contributed by atoms with Gasteiger partial charge in [0.1, 0.15) is 11.5 Å². The third-order valence-corrected chi connectivity index (χ3v) is 2.87. The van der Waals surface area contributed by atoms with Crippen molar-refractivity contribution in [1.29, 1.82) is 0 Å². The van der Waals surface area contributed by atoms with Crippen molar-refractivity contribution in [1.82, 2.24) is 10.6 Å². The van der Waals surface area contributed by atoms with Crippen molar-refractivity contribution < 1.29 is 14.3 Å². The van der Waals surface area contributed by atoms with Gasteiger partial charge in [-0.25, -0.2) is 0 Å². The summed E-state index contributed by atoms with van der Waals surface area (Å²) in [6.07, 6.45) is 0. The molecule has 1 rings (SSSR count). The van der Waals surface area contributed by atoms with Gasteiger partial charge >= 0.3 is 0 Å². The number of carbonyl (C=O) groups is 1. The van der Waals surface area contributed by atoms with Gasteiger partial charge in [-0.15, -0.1) is 0 Å². The van der Waals surface area contributed by atoms with Crippen LogP contribution < -0.4 is 20.1 Å². The highest BCUT2D eigenvalue weighted by Crippen LogP contribution is 2.31. The molecule has 0 unspecified atom stereocenters. The molecule has 106 valence electrons. The molecule has 0 aliphatic carbocycles. The van der Waals surface area contributed by atoms with Crippen molar-refractivity contribution in [3.8, 4) is 11.5 Å². The molecule has 0 heterocycles. The van der Waals surface area contributed by atoms with Crippen LogP contribution >= 0.6 is 0 Å². The van der Waals surface area contributed by atoms with Gasteiger partial charge in [0.05, 0.1) is 20.8 Å². The van der Waals surface area contributed by atoms with E-state index in [4.69, 9.17) is 9.47 Å². The van der Waals surface area contributed by atoms with Gasteiger partial charge in [0.15, 0.2) is 0 Å². The summed E-state index contributed by atoms with van der Waals surface area (Å²) in [6, 6.07) is 3.78. The molecular weight excluding hydrogens is 244 g/mol. The van der Waals surface area contributed by atoms with Crippen LogP contribution in [0.3, 0.4) is 0 Å². The highest BCUT2D eigenvalue weighted by molar-refractivity contribution is 5.78. The molecule has 0 bridgehead atoms. The van der Waals surface area contributed by atoms with E-state index in [2.05, 4.69) is 10.6 Å². The minimum absolute atomic E-state index is 0.0302. The molecule has 2 N–H and O–H groups in total. The molecule has 1 amide bonds. The minimum Gasteiger partial charge on any atom is -0.496 e. The summed E-state index contributed by atoms with van der Waals surface area (Å²) in [5, 5.41) is 5.83. The Bertz CT molecular complexity index is 433. The number of hydrogen-bond donors (Lipinski definition) is 2. The number of benzene rings is 1. The monoisotopic (exact) mass is 266 g/mol. The van der Waals surface area contributed by atoms with E-state index in [0.717, 1.165) is 29.2 Å². The lowest BCUT2D eigenvalue weighted by Crippen LogP contribution is -2.33. The van der Waals surface area contributed by atoms with Crippen LogP contribution in [0.2, 0.25) is 0 Å². The van der Waals surface area contributed by atoms with Gasteiger partial charge in [0, 0.05) is 17.7 Å². The van der Waals surface area contributed by atoms with Gasteiger partial charge in [-0.05, 0) is 25.6 Å². The Kier molecular flexibility index (Phi) is 6.15. The van der Waals surface area contributed by atoms with Crippen LogP contribution in [-0.4, -0.2) is 33.2 Å². The van der Waals surface area contributed by atoms with Crippen molar-refractivity contribution in [2.24, 2.45) is 0 Å². The lowest BCUT2D eigenvalue weighted by Gasteiger charge is -2.15. The molecular formula is C14H22N2O3. The number of carbonyl (C=O) groups excluding carboxylic acids is 1. The molecule has 0 radical (unpaired) electrons. The van der Waals surface area contributed by atoms with Crippen molar-refractivity contribution in [2.75, 3.05) is 27.3 Å². The minimum atomic E-state index is -0.0302. The molecule has 0 saturated heterocycles. The molecule has 0 aliphatic rings. The summed E-state index contributed by atoms with van der Waals surface area (Å²) < 4.78 is 10.6. The maximum absolute atomic E-state index is 11.5. The molecule has 0 fully saturated rings. The Morgan fingerprint density at radius 1 is 1.26 bits per heavy atom. The van der Waals surface area contributed by atoms with Crippen LogP contribution in [0, 0.1) is 6.92 Å². The number of ether oxygens (including phenoxy) is 2. The molecule has 0 aliphatic heterocycles. The van der Waals surface area contributed by atoms with Gasteiger partial charge in [-0.2, -0.15) is 0 Å². The second kappa shape index (κ2) is 7.63. The standard InChI is InChI=1S/C14H22N2O3/c1-5-15-9-13(17)16-8-11-6-7-12(18-3)10(2)14(11)19-4/h6-7,15H,5,8-9H2,1-4H3,(H,16,17). The smallest absolute Gasteiger partial charge is 0.234 e. The van der Waals surface area contributed by atoms with E-state index in [1.54, 1.807) is 14.2 Å². The Morgan fingerprint density at radius 3 is 2.58 bits per heavy atom. The van der Waals surface area contributed by atoms with Crippen molar-refractivity contribution in [3.05, 3.63) is 23.3 Å². The van der Waals surface area contributed by atoms with Crippen LogP contribution in [0.4, 0.5) is 0 Å². The van der Waals surface area contributed by atoms with Crippen LogP contribution in [0.5, 0.6) is 11.5 Å². The molecule has 1 aromatic carbocycles. The number of amides is 1. The predicted molar refractivity (Wildman–Crippen MR) is 74.7 cm³/mol. The van der Waals surface area contributed by atoms with E-state index in [1.165, 1.54) is 0 Å². The van der Waals surface area contributed by atoms with Gasteiger partial charge in [0.25, 0.3) is 0 Å². The maximum Gasteiger partial charge on any atom is 0.234 e. The Balaban J connectivity index is 2.73. The van der Waals surface area contributed by atoms with Crippen LogP contribution in [0.25, 0.3) is 0 Å². The van der Waals surface area contributed by atoms with E-state index in [-0.39, 0.29) is 5.91 Å². The van der Waals surface area contributed by atoms with E-state index < -0.39 is 0 Å². The Morgan fingerprint density at radius 2 is 2.00 bits per heavy atom. The summed E-state index contributed by atoms with van der Waals surface area (Å²) in [5.41, 5.74) is 1.87. The third-order valence-electron chi connectivity index (χ3n) is 2.87. The number of hydrogen-bond acceptors (Lipinski definition) is 4. The maximum atomic E-state index is 11.5. The summed E-state index contributed by atoms with van der Waals surface area (Å²) >= 11 is 0. The molecule has 0 saturated carbocycles.